The Morgan fingerprint density at radius 2 is 2.04 bits per heavy atom. The summed E-state index contributed by atoms with van der Waals surface area (Å²) in [6.07, 6.45) is -0.857. The van der Waals surface area contributed by atoms with Crippen LogP contribution in [0.2, 0.25) is 5.02 Å². The molecule has 4 rings (SSSR count). The van der Waals surface area contributed by atoms with Crippen LogP contribution in [0.1, 0.15) is 31.4 Å². The fourth-order valence-electron chi connectivity index (χ4n) is 4.61. The molecule has 1 saturated carbocycles. The highest BCUT2D eigenvalue weighted by atomic mass is 35.5. The molecule has 0 radical (unpaired) electrons. The number of fused-ring (bicyclic) bond motifs is 2. The minimum atomic E-state index is -0.857. The van der Waals surface area contributed by atoms with Crippen molar-refractivity contribution in [2.24, 2.45) is 17.8 Å². The number of halogens is 1. The molecule has 1 saturated heterocycles. The summed E-state index contributed by atoms with van der Waals surface area (Å²) in [6, 6.07) is 3.52. The third kappa shape index (κ3) is 3.69. The largest absolute Gasteiger partial charge is 0.461 e. The fraction of sp³-hybridized carbons (Fsp3) is 0.600. The molecule has 6 nitrogen and oxygen atoms in total. The highest BCUT2D eigenvalue weighted by Crippen LogP contribution is 2.51. The van der Waals surface area contributed by atoms with Crippen molar-refractivity contribution in [3.63, 3.8) is 0 Å². The van der Waals surface area contributed by atoms with Gasteiger partial charge in [-0.25, -0.2) is 0 Å². The lowest BCUT2D eigenvalue weighted by Gasteiger charge is -2.27. The molecular weight excluding hydrogens is 366 g/mol. The van der Waals surface area contributed by atoms with E-state index in [2.05, 4.69) is 10.2 Å². The molecule has 148 valence electrons. The number of anilines is 1. The zero-order valence-electron chi connectivity index (χ0n) is 16.0. The van der Waals surface area contributed by atoms with Gasteiger partial charge in [0.2, 0.25) is 0 Å². The van der Waals surface area contributed by atoms with Crippen molar-refractivity contribution < 1.29 is 14.6 Å². The molecule has 5 N–H and O–H groups in total. The Morgan fingerprint density at radius 1 is 1.37 bits per heavy atom. The number of likely N-dealkylation sites (tertiary alicyclic amines) is 1. The van der Waals surface area contributed by atoms with Crippen LogP contribution >= 0.6 is 11.6 Å². The van der Waals surface area contributed by atoms with E-state index in [1.165, 1.54) is 0 Å². The molecule has 2 fully saturated rings. The molecule has 1 aliphatic heterocycles. The summed E-state index contributed by atoms with van der Waals surface area (Å²) in [5.74, 6) is 2.59. The van der Waals surface area contributed by atoms with E-state index < -0.39 is 11.8 Å². The molecular formula is C20H28ClN3O3. The summed E-state index contributed by atoms with van der Waals surface area (Å²) in [5, 5.41) is 25.0. The molecule has 2 aromatic rings. The first-order valence-corrected chi connectivity index (χ1v) is 9.86. The maximum atomic E-state index is 10.7. The number of nitrogen functional groups attached to an aromatic ring is 1. The van der Waals surface area contributed by atoms with Crippen LogP contribution < -0.4 is 11.1 Å². The molecule has 2 aliphatic rings. The van der Waals surface area contributed by atoms with E-state index in [4.69, 9.17) is 21.8 Å². The summed E-state index contributed by atoms with van der Waals surface area (Å²) in [7, 11) is 0. The molecule has 0 bridgehead atoms. The van der Waals surface area contributed by atoms with E-state index in [0.29, 0.717) is 46.2 Å². The Bertz CT molecular complexity index is 848. The number of aliphatic hydroxyl groups excluding tert-OH is 1. The number of hydrogen-bond acceptors (Lipinski definition) is 6. The predicted molar refractivity (Wildman–Crippen MR) is 107 cm³/mol. The van der Waals surface area contributed by atoms with E-state index in [0.717, 1.165) is 30.8 Å². The molecule has 2 heterocycles. The van der Waals surface area contributed by atoms with Crippen molar-refractivity contribution in [1.82, 2.24) is 10.2 Å². The number of aliphatic hydroxyl groups is 2. The molecule has 1 aliphatic carbocycles. The number of aryl methyl sites for hydroxylation is 1. The molecule has 1 aromatic heterocycles. The minimum Gasteiger partial charge on any atom is -0.461 e. The molecule has 7 heteroatoms. The third-order valence-electron chi connectivity index (χ3n) is 5.85. The summed E-state index contributed by atoms with van der Waals surface area (Å²) < 4.78 is 5.74. The van der Waals surface area contributed by atoms with Crippen LogP contribution in [0.15, 0.2) is 16.5 Å². The van der Waals surface area contributed by atoms with Gasteiger partial charge in [-0.3, -0.25) is 10.2 Å². The van der Waals surface area contributed by atoms with Crippen molar-refractivity contribution in [2.45, 2.75) is 32.6 Å². The summed E-state index contributed by atoms with van der Waals surface area (Å²) >= 11 is 6.24. The van der Waals surface area contributed by atoms with Gasteiger partial charge in [0.1, 0.15) is 17.6 Å². The second kappa shape index (κ2) is 6.64. The number of piperidine rings is 1. The maximum Gasteiger partial charge on any atom is 0.143 e. The number of furan rings is 1. The van der Waals surface area contributed by atoms with Gasteiger partial charge < -0.3 is 20.4 Å². The maximum absolute atomic E-state index is 10.7. The highest BCUT2D eigenvalue weighted by Gasteiger charge is 2.55. The molecule has 0 amide bonds. The van der Waals surface area contributed by atoms with Crippen molar-refractivity contribution >= 4 is 28.3 Å². The first kappa shape index (κ1) is 19.0. The van der Waals surface area contributed by atoms with Crippen LogP contribution in [0.5, 0.6) is 0 Å². The van der Waals surface area contributed by atoms with E-state index in [1.807, 2.05) is 26.8 Å². The third-order valence-corrected chi connectivity index (χ3v) is 6.16. The smallest absolute Gasteiger partial charge is 0.143 e. The van der Waals surface area contributed by atoms with E-state index in [-0.39, 0.29) is 0 Å². The van der Waals surface area contributed by atoms with Gasteiger partial charge in [-0.1, -0.05) is 11.6 Å². The molecule has 3 unspecified atom stereocenters. The second-order valence-electron chi connectivity index (χ2n) is 8.77. The molecule has 1 aromatic carbocycles. The van der Waals surface area contributed by atoms with Crippen LogP contribution in [-0.4, -0.2) is 46.9 Å². The molecule has 3 atom stereocenters. The number of β-amino-alcohol motifs (C(OH)–C–C–N with tert-alkyl or cyclic N) is 1. The van der Waals surface area contributed by atoms with Gasteiger partial charge in [-0.05, 0) is 50.7 Å². The number of hydrogen-bond donors (Lipinski definition) is 4. The second-order valence-corrected chi connectivity index (χ2v) is 9.18. The monoisotopic (exact) mass is 393 g/mol. The van der Waals surface area contributed by atoms with Crippen LogP contribution in [0.25, 0.3) is 11.0 Å². The van der Waals surface area contributed by atoms with E-state index in [9.17, 15) is 10.2 Å². The topological polar surface area (TPSA) is 94.9 Å². The Labute approximate surface area is 164 Å². The summed E-state index contributed by atoms with van der Waals surface area (Å²) in [5.41, 5.74) is 7.06. The Morgan fingerprint density at radius 3 is 2.67 bits per heavy atom. The van der Waals surface area contributed by atoms with E-state index >= 15 is 0 Å². The Balaban J connectivity index is 1.38. The lowest BCUT2D eigenvalue weighted by atomic mass is 10.1. The van der Waals surface area contributed by atoms with Crippen molar-refractivity contribution in [3.05, 3.63) is 28.5 Å². The first-order chi connectivity index (χ1) is 12.6. The first-order valence-electron chi connectivity index (χ1n) is 9.48. The minimum absolute atomic E-state index is 0.421. The van der Waals surface area contributed by atoms with Crippen molar-refractivity contribution in [3.8, 4) is 0 Å². The van der Waals surface area contributed by atoms with Gasteiger partial charge in [0.25, 0.3) is 0 Å². The van der Waals surface area contributed by atoms with Crippen molar-refractivity contribution in [2.75, 3.05) is 31.9 Å². The number of benzene rings is 1. The quantitative estimate of drug-likeness (QED) is 0.445. The number of rotatable bonds is 6. The van der Waals surface area contributed by atoms with E-state index in [1.54, 1.807) is 6.07 Å². The Kier molecular flexibility index (Phi) is 4.68. The van der Waals surface area contributed by atoms with Gasteiger partial charge in [-0.2, -0.15) is 0 Å². The molecule has 0 spiro atoms. The zero-order chi connectivity index (χ0) is 19.5. The average Bonchev–Trinajstić information content (AvgIpc) is 2.90. The average molecular weight is 394 g/mol. The van der Waals surface area contributed by atoms with Crippen LogP contribution in [0.3, 0.4) is 0 Å². The standard InChI is InChI=1S/C20H28ClN3O3/c1-10-4-11-17(22)16(21)5-12(18(11)27-10)19(25)23-6-13-14-7-24(8-15(13)14)9-20(2,3)26/h4-5,13-15,19,23,25-26H,6-9,22H2,1-3H3. The SMILES string of the molecule is Cc1cc2c(N)c(Cl)cc(C(O)NCC3C4CN(CC(C)(C)O)CC34)c2o1. The van der Waals surface area contributed by atoms with Gasteiger partial charge in [-0.15, -0.1) is 0 Å². The Hall–Kier alpha value is -1.31. The van der Waals surface area contributed by atoms with Crippen LogP contribution in [0.4, 0.5) is 5.69 Å². The fourth-order valence-corrected chi connectivity index (χ4v) is 4.83. The molecule has 27 heavy (non-hydrogen) atoms. The lowest BCUT2D eigenvalue weighted by molar-refractivity contribution is 0.0386. The van der Waals surface area contributed by atoms with Crippen LogP contribution in [-0.2, 0) is 0 Å². The van der Waals surface area contributed by atoms with Gasteiger partial charge in [0.05, 0.1) is 16.3 Å². The summed E-state index contributed by atoms with van der Waals surface area (Å²) in [6.45, 7) is 9.04. The predicted octanol–water partition coefficient (Wildman–Crippen LogP) is 2.51. The summed E-state index contributed by atoms with van der Waals surface area (Å²) in [4.78, 5) is 2.33. The number of nitrogens with one attached hydrogen (secondary N) is 1. The van der Waals surface area contributed by atoms with Gasteiger partial charge >= 0.3 is 0 Å². The lowest BCUT2D eigenvalue weighted by Crippen LogP contribution is -2.39. The van der Waals surface area contributed by atoms with Crippen molar-refractivity contribution in [1.29, 1.82) is 0 Å². The van der Waals surface area contributed by atoms with Crippen LogP contribution in [0, 0.1) is 24.7 Å². The highest BCUT2D eigenvalue weighted by molar-refractivity contribution is 6.34. The van der Waals surface area contributed by atoms with Gasteiger partial charge in [0.15, 0.2) is 0 Å². The normalized spacial score (nSPS) is 26.5. The van der Waals surface area contributed by atoms with Gasteiger partial charge in [0, 0.05) is 37.1 Å². The number of nitrogens with zero attached hydrogens (tertiary/aromatic N) is 1. The zero-order valence-corrected chi connectivity index (χ0v) is 16.8. The number of nitrogens with two attached hydrogens (primary N) is 1.